The zero-order chi connectivity index (χ0) is 12.4. The number of benzene rings is 1. The zero-order valence-corrected chi connectivity index (χ0v) is 11.6. The Labute approximate surface area is 110 Å². The lowest BCUT2D eigenvalue weighted by Gasteiger charge is -2.06. The summed E-state index contributed by atoms with van der Waals surface area (Å²) in [7, 11) is 0. The fourth-order valence-electron chi connectivity index (χ4n) is 1.58. The lowest BCUT2D eigenvalue weighted by atomic mass is 10.2. The summed E-state index contributed by atoms with van der Waals surface area (Å²) in [4.78, 5) is 9.46. The van der Waals surface area contributed by atoms with Crippen LogP contribution >= 0.6 is 23.4 Å². The van der Waals surface area contributed by atoms with Crippen molar-refractivity contribution in [3.05, 3.63) is 46.4 Å². The SMILES string of the molecule is Cc1ccc(Sc2cc(C)nc(Cl)n2)c(C)c1. The van der Waals surface area contributed by atoms with E-state index in [-0.39, 0.29) is 0 Å². The molecule has 0 aliphatic rings. The molecule has 0 atom stereocenters. The molecule has 0 spiro atoms. The van der Waals surface area contributed by atoms with E-state index in [1.807, 2.05) is 13.0 Å². The molecule has 0 saturated heterocycles. The molecule has 2 nitrogen and oxygen atoms in total. The maximum Gasteiger partial charge on any atom is 0.223 e. The van der Waals surface area contributed by atoms with Gasteiger partial charge in [0, 0.05) is 10.6 Å². The molecule has 0 amide bonds. The smallest absolute Gasteiger partial charge is 0.223 e. The fraction of sp³-hybridized carbons (Fsp3) is 0.231. The molecule has 2 rings (SSSR count). The van der Waals surface area contributed by atoms with Crippen LogP contribution in [0.25, 0.3) is 0 Å². The second-order valence-corrected chi connectivity index (χ2v) is 5.39. The molecule has 88 valence electrons. The normalized spacial score (nSPS) is 10.6. The Morgan fingerprint density at radius 1 is 1.06 bits per heavy atom. The molecule has 0 fully saturated rings. The van der Waals surface area contributed by atoms with Gasteiger partial charge in [0.25, 0.3) is 0 Å². The van der Waals surface area contributed by atoms with Gasteiger partial charge in [0.2, 0.25) is 5.28 Å². The van der Waals surface area contributed by atoms with E-state index in [0.717, 1.165) is 10.7 Å². The van der Waals surface area contributed by atoms with Crippen LogP contribution in [0.4, 0.5) is 0 Å². The molecule has 0 N–H and O–H groups in total. The summed E-state index contributed by atoms with van der Waals surface area (Å²) in [6.45, 7) is 6.11. The number of aryl methyl sites for hydroxylation is 3. The highest BCUT2D eigenvalue weighted by molar-refractivity contribution is 7.99. The third kappa shape index (κ3) is 3.20. The minimum Gasteiger partial charge on any atom is -0.223 e. The lowest BCUT2D eigenvalue weighted by Crippen LogP contribution is -1.89. The van der Waals surface area contributed by atoms with E-state index in [4.69, 9.17) is 11.6 Å². The van der Waals surface area contributed by atoms with Crippen LogP contribution in [0.3, 0.4) is 0 Å². The Balaban J connectivity index is 2.31. The van der Waals surface area contributed by atoms with Crippen molar-refractivity contribution in [2.24, 2.45) is 0 Å². The van der Waals surface area contributed by atoms with E-state index in [0.29, 0.717) is 5.28 Å². The van der Waals surface area contributed by atoms with Crippen molar-refractivity contribution in [2.45, 2.75) is 30.7 Å². The predicted molar refractivity (Wildman–Crippen MR) is 71.8 cm³/mol. The van der Waals surface area contributed by atoms with E-state index >= 15 is 0 Å². The average molecular weight is 265 g/mol. The summed E-state index contributed by atoms with van der Waals surface area (Å²) in [5.74, 6) is 0. The molecule has 0 aliphatic heterocycles. The summed E-state index contributed by atoms with van der Waals surface area (Å²) in [5, 5.41) is 1.19. The van der Waals surface area contributed by atoms with E-state index in [1.165, 1.54) is 16.0 Å². The number of halogens is 1. The number of aromatic nitrogens is 2. The van der Waals surface area contributed by atoms with Crippen LogP contribution in [-0.4, -0.2) is 9.97 Å². The molecule has 17 heavy (non-hydrogen) atoms. The van der Waals surface area contributed by atoms with Crippen LogP contribution in [0, 0.1) is 20.8 Å². The van der Waals surface area contributed by atoms with Gasteiger partial charge in [-0.2, -0.15) is 0 Å². The number of nitrogens with zero attached hydrogens (tertiary/aromatic N) is 2. The maximum absolute atomic E-state index is 5.85. The second-order valence-electron chi connectivity index (χ2n) is 3.99. The van der Waals surface area contributed by atoms with Crippen molar-refractivity contribution >= 4 is 23.4 Å². The summed E-state index contributed by atoms with van der Waals surface area (Å²) < 4.78 is 0. The summed E-state index contributed by atoms with van der Waals surface area (Å²) in [5.41, 5.74) is 3.41. The maximum atomic E-state index is 5.85. The first-order valence-corrected chi connectivity index (χ1v) is 6.50. The molecule has 1 aromatic carbocycles. The van der Waals surface area contributed by atoms with Crippen molar-refractivity contribution in [2.75, 3.05) is 0 Å². The first-order chi connectivity index (χ1) is 8.04. The van der Waals surface area contributed by atoms with Crippen LogP contribution < -0.4 is 0 Å². The molecule has 2 aromatic rings. The van der Waals surface area contributed by atoms with Gasteiger partial charge in [-0.3, -0.25) is 0 Å². The zero-order valence-electron chi connectivity index (χ0n) is 9.99. The number of hydrogen-bond acceptors (Lipinski definition) is 3. The third-order valence-corrected chi connectivity index (χ3v) is 3.61. The lowest BCUT2D eigenvalue weighted by molar-refractivity contribution is 1.01. The largest absolute Gasteiger partial charge is 0.223 e. The van der Waals surface area contributed by atoms with Crippen molar-refractivity contribution in [3.8, 4) is 0 Å². The van der Waals surface area contributed by atoms with Gasteiger partial charge >= 0.3 is 0 Å². The topological polar surface area (TPSA) is 25.8 Å². The highest BCUT2D eigenvalue weighted by Crippen LogP contribution is 2.30. The van der Waals surface area contributed by atoms with Crippen LogP contribution in [0.5, 0.6) is 0 Å². The summed E-state index contributed by atoms with van der Waals surface area (Å²) in [6.07, 6.45) is 0. The average Bonchev–Trinajstić information content (AvgIpc) is 2.21. The van der Waals surface area contributed by atoms with E-state index < -0.39 is 0 Å². The number of rotatable bonds is 2. The molecule has 4 heteroatoms. The van der Waals surface area contributed by atoms with Crippen molar-refractivity contribution in [1.82, 2.24) is 9.97 Å². The van der Waals surface area contributed by atoms with Gasteiger partial charge < -0.3 is 0 Å². The van der Waals surface area contributed by atoms with Crippen molar-refractivity contribution in [1.29, 1.82) is 0 Å². The Kier molecular flexibility index (Phi) is 3.69. The Morgan fingerprint density at radius 3 is 2.47 bits per heavy atom. The summed E-state index contributed by atoms with van der Waals surface area (Å²) >= 11 is 7.46. The molecule has 0 aliphatic carbocycles. The fourth-order valence-corrected chi connectivity index (χ4v) is 2.80. The standard InChI is InChI=1S/C13H13ClN2S/c1-8-4-5-11(9(2)6-8)17-12-7-10(3)15-13(14)16-12/h4-7H,1-3H3. The first-order valence-electron chi connectivity index (χ1n) is 5.31. The quantitative estimate of drug-likeness (QED) is 0.600. The van der Waals surface area contributed by atoms with E-state index in [9.17, 15) is 0 Å². The van der Waals surface area contributed by atoms with E-state index in [1.54, 1.807) is 11.8 Å². The molecule has 0 bridgehead atoms. The number of hydrogen-bond donors (Lipinski definition) is 0. The van der Waals surface area contributed by atoms with Crippen molar-refractivity contribution < 1.29 is 0 Å². The first kappa shape index (κ1) is 12.4. The minimum atomic E-state index is 0.303. The molecule has 0 radical (unpaired) electrons. The summed E-state index contributed by atoms with van der Waals surface area (Å²) in [6, 6.07) is 8.32. The van der Waals surface area contributed by atoms with Gasteiger partial charge in [0.05, 0.1) is 0 Å². The van der Waals surface area contributed by atoms with Crippen LogP contribution in [0.15, 0.2) is 34.2 Å². The van der Waals surface area contributed by atoms with Crippen LogP contribution in [0.2, 0.25) is 5.28 Å². The molecular weight excluding hydrogens is 252 g/mol. The Morgan fingerprint density at radius 2 is 1.82 bits per heavy atom. The van der Waals surface area contributed by atoms with Gasteiger partial charge in [-0.05, 0) is 50.1 Å². The second kappa shape index (κ2) is 5.07. The van der Waals surface area contributed by atoms with Crippen LogP contribution in [-0.2, 0) is 0 Å². The highest BCUT2D eigenvalue weighted by Gasteiger charge is 2.05. The molecule has 0 unspecified atom stereocenters. The molecule has 1 aromatic heterocycles. The molecule has 1 heterocycles. The predicted octanol–water partition coefficient (Wildman–Crippen LogP) is 4.21. The van der Waals surface area contributed by atoms with Crippen molar-refractivity contribution in [3.63, 3.8) is 0 Å². The third-order valence-electron chi connectivity index (χ3n) is 2.35. The molecular formula is C13H13ClN2S. The van der Waals surface area contributed by atoms with E-state index in [2.05, 4.69) is 42.0 Å². The van der Waals surface area contributed by atoms with Gasteiger partial charge in [-0.25, -0.2) is 9.97 Å². The van der Waals surface area contributed by atoms with Gasteiger partial charge in [-0.15, -0.1) is 0 Å². The van der Waals surface area contributed by atoms with Gasteiger partial charge in [-0.1, -0.05) is 29.5 Å². The molecule has 0 saturated carbocycles. The minimum absolute atomic E-state index is 0.303. The Hall–Kier alpha value is -1.06. The Bertz CT molecular complexity index is 535. The highest BCUT2D eigenvalue weighted by atomic mass is 35.5. The van der Waals surface area contributed by atoms with Crippen LogP contribution in [0.1, 0.15) is 16.8 Å². The van der Waals surface area contributed by atoms with Gasteiger partial charge in [0.15, 0.2) is 0 Å². The van der Waals surface area contributed by atoms with Gasteiger partial charge in [0.1, 0.15) is 5.03 Å². The monoisotopic (exact) mass is 264 g/mol.